The predicted octanol–water partition coefficient (Wildman–Crippen LogP) is 6.05. The predicted molar refractivity (Wildman–Crippen MR) is 156 cm³/mol. The molecule has 1 aliphatic heterocycles. The van der Waals surface area contributed by atoms with Gasteiger partial charge in [-0.1, -0.05) is 36.8 Å². The fourth-order valence-corrected chi connectivity index (χ4v) is 7.17. The standard InChI is InChI=1S/C30H35BrN2O5S/c1-20-9-5-6-11-22(20)17-27(23-12-15-28(37-3)29(18-23)38-4)32-30(34)25-19-24(13-14-26(25)31)39(35,36)33-16-8-7-10-21(33)2/h5-6,9,11-15,18-19,21,27H,7-8,10,16-17H2,1-4H3,(H,32,34). The van der Waals surface area contributed by atoms with Crippen molar-refractivity contribution in [2.24, 2.45) is 0 Å². The Balaban J connectivity index is 1.69. The van der Waals surface area contributed by atoms with Gasteiger partial charge in [-0.2, -0.15) is 4.31 Å². The Bertz CT molecular complexity index is 1440. The number of hydrogen-bond acceptors (Lipinski definition) is 5. The molecule has 0 bridgehead atoms. The van der Waals surface area contributed by atoms with Crippen LogP contribution in [0.15, 0.2) is 70.0 Å². The summed E-state index contributed by atoms with van der Waals surface area (Å²) in [5, 5.41) is 3.15. The van der Waals surface area contributed by atoms with E-state index in [1.54, 1.807) is 30.7 Å². The number of halogens is 1. The normalized spacial score (nSPS) is 16.9. The minimum Gasteiger partial charge on any atom is -0.493 e. The number of carbonyl (C=O) groups is 1. The molecule has 3 aromatic rings. The highest BCUT2D eigenvalue weighted by Gasteiger charge is 2.32. The van der Waals surface area contributed by atoms with Crippen molar-refractivity contribution in [2.75, 3.05) is 20.8 Å². The van der Waals surface area contributed by atoms with Gasteiger partial charge in [0, 0.05) is 17.1 Å². The summed E-state index contributed by atoms with van der Waals surface area (Å²) >= 11 is 3.47. The van der Waals surface area contributed by atoms with Crippen LogP contribution in [0.25, 0.3) is 0 Å². The van der Waals surface area contributed by atoms with Crippen molar-refractivity contribution in [3.63, 3.8) is 0 Å². The number of nitrogens with zero attached hydrogens (tertiary/aromatic N) is 1. The van der Waals surface area contributed by atoms with Gasteiger partial charge in [0.25, 0.3) is 5.91 Å². The molecule has 9 heteroatoms. The van der Waals surface area contributed by atoms with Crippen molar-refractivity contribution in [1.82, 2.24) is 9.62 Å². The number of aryl methyl sites for hydroxylation is 1. The van der Waals surface area contributed by atoms with Gasteiger partial charge in [-0.3, -0.25) is 4.79 Å². The van der Waals surface area contributed by atoms with E-state index >= 15 is 0 Å². The monoisotopic (exact) mass is 614 g/mol. The van der Waals surface area contributed by atoms with Crippen molar-refractivity contribution in [2.45, 2.75) is 56.5 Å². The number of hydrogen-bond donors (Lipinski definition) is 1. The maximum absolute atomic E-state index is 13.7. The Hall–Kier alpha value is -2.88. The fraction of sp³-hybridized carbons (Fsp3) is 0.367. The van der Waals surface area contributed by atoms with Crippen LogP contribution in [0.5, 0.6) is 11.5 Å². The molecular formula is C30H35BrN2O5S. The number of carbonyl (C=O) groups excluding carboxylic acids is 1. The number of piperidine rings is 1. The average Bonchev–Trinajstić information content (AvgIpc) is 2.93. The maximum atomic E-state index is 13.7. The Morgan fingerprint density at radius 2 is 1.79 bits per heavy atom. The van der Waals surface area contributed by atoms with E-state index in [1.165, 1.54) is 6.07 Å². The first-order chi connectivity index (χ1) is 18.6. The van der Waals surface area contributed by atoms with E-state index in [2.05, 4.69) is 21.2 Å². The SMILES string of the molecule is COc1ccc(C(Cc2ccccc2C)NC(=O)c2cc(S(=O)(=O)N3CCCCC3C)ccc2Br)cc1OC. The van der Waals surface area contributed by atoms with Gasteiger partial charge >= 0.3 is 0 Å². The second kappa shape index (κ2) is 12.5. The van der Waals surface area contributed by atoms with Crippen LogP contribution < -0.4 is 14.8 Å². The minimum atomic E-state index is -3.73. The smallest absolute Gasteiger partial charge is 0.252 e. The third kappa shape index (κ3) is 6.48. The lowest BCUT2D eigenvalue weighted by Crippen LogP contribution is -2.42. The lowest BCUT2D eigenvalue weighted by molar-refractivity contribution is 0.0935. The Morgan fingerprint density at radius 1 is 1.05 bits per heavy atom. The second-order valence-corrected chi connectivity index (χ2v) is 12.6. The van der Waals surface area contributed by atoms with Crippen molar-refractivity contribution in [3.05, 3.63) is 87.4 Å². The highest BCUT2D eigenvalue weighted by Crippen LogP contribution is 2.33. The number of methoxy groups -OCH3 is 2. The Kier molecular flexibility index (Phi) is 9.35. The molecule has 0 aliphatic carbocycles. The van der Waals surface area contributed by atoms with Crippen molar-refractivity contribution in [1.29, 1.82) is 0 Å². The van der Waals surface area contributed by atoms with Crippen molar-refractivity contribution < 1.29 is 22.7 Å². The molecule has 0 aromatic heterocycles. The van der Waals surface area contributed by atoms with E-state index in [1.807, 2.05) is 56.3 Å². The lowest BCUT2D eigenvalue weighted by atomic mass is 9.95. The van der Waals surface area contributed by atoms with E-state index in [9.17, 15) is 13.2 Å². The van der Waals surface area contributed by atoms with Gasteiger partial charge in [0.1, 0.15) is 0 Å². The summed E-state index contributed by atoms with van der Waals surface area (Å²) in [6, 6.07) is 17.8. The summed E-state index contributed by atoms with van der Waals surface area (Å²) in [5.41, 5.74) is 3.30. The number of sulfonamides is 1. The Morgan fingerprint density at radius 3 is 2.49 bits per heavy atom. The van der Waals surface area contributed by atoms with Crippen molar-refractivity contribution in [3.8, 4) is 11.5 Å². The van der Waals surface area contributed by atoms with Crippen molar-refractivity contribution >= 4 is 31.9 Å². The average molecular weight is 616 g/mol. The molecule has 1 saturated heterocycles. The number of benzene rings is 3. The minimum absolute atomic E-state index is 0.0757. The van der Waals surface area contributed by atoms with Crippen LogP contribution in [-0.4, -0.2) is 45.4 Å². The topological polar surface area (TPSA) is 84.9 Å². The molecule has 2 unspecified atom stereocenters. The molecule has 3 aromatic carbocycles. The molecule has 1 aliphatic rings. The molecule has 4 rings (SSSR count). The highest BCUT2D eigenvalue weighted by atomic mass is 79.9. The summed E-state index contributed by atoms with van der Waals surface area (Å²) in [4.78, 5) is 13.8. The molecule has 7 nitrogen and oxygen atoms in total. The molecule has 39 heavy (non-hydrogen) atoms. The number of nitrogens with one attached hydrogen (secondary N) is 1. The summed E-state index contributed by atoms with van der Waals surface area (Å²) in [7, 11) is -0.584. The van der Waals surface area contributed by atoms with E-state index in [0.29, 0.717) is 28.9 Å². The second-order valence-electron chi connectivity index (χ2n) is 9.87. The zero-order chi connectivity index (χ0) is 28.2. The van der Waals surface area contributed by atoms with E-state index in [-0.39, 0.29) is 22.4 Å². The summed E-state index contributed by atoms with van der Waals surface area (Å²) in [5.74, 6) is 0.776. The zero-order valence-corrected chi connectivity index (χ0v) is 25.1. The van der Waals surface area contributed by atoms with Gasteiger partial charge in [-0.15, -0.1) is 0 Å². The van der Waals surface area contributed by atoms with E-state index < -0.39 is 16.1 Å². The van der Waals surface area contributed by atoms with Crippen LogP contribution in [-0.2, 0) is 16.4 Å². The van der Waals surface area contributed by atoms with Crippen LogP contribution in [0.4, 0.5) is 0 Å². The molecule has 1 amide bonds. The number of rotatable bonds is 9. The Labute approximate surface area is 239 Å². The third-order valence-corrected chi connectivity index (χ3v) is 10.0. The largest absolute Gasteiger partial charge is 0.493 e. The third-order valence-electron chi connectivity index (χ3n) is 7.33. The summed E-state index contributed by atoms with van der Waals surface area (Å²) in [6.07, 6.45) is 3.21. The van der Waals surface area contributed by atoms with Gasteiger partial charge in [-0.25, -0.2) is 8.42 Å². The summed E-state index contributed by atoms with van der Waals surface area (Å²) in [6.45, 7) is 4.46. The van der Waals surface area contributed by atoms with Gasteiger partial charge in [0.05, 0.1) is 30.7 Å². The van der Waals surface area contributed by atoms with Crippen LogP contribution in [0, 0.1) is 6.92 Å². The van der Waals surface area contributed by atoms with E-state index in [4.69, 9.17) is 9.47 Å². The zero-order valence-electron chi connectivity index (χ0n) is 22.7. The molecule has 1 heterocycles. The van der Waals surface area contributed by atoms with Gasteiger partial charge in [0.15, 0.2) is 11.5 Å². The summed E-state index contributed by atoms with van der Waals surface area (Å²) < 4.78 is 40.0. The lowest BCUT2D eigenvalue weighted by Gasteiger charge is -2.32. The van der Waals surface area contributed by atoms with Crippen LogP contribution in [0.1, 0.15) is 59.3 Å². The molecule has 0 radical (unpaired) electrons. The molecular weight excluding hydrogens is 580 g/mol. The molecule has 1 N–H and O–H groups in total. The van der Waals surface area contributed by atoms with Gasteiger partial charge in [0.2, 0.25) is 10.0 Å². The first kappa shape index (κ1) is 29.1. The number of amides is 1. The van der Waals surface area contributed by atoms with Gasteiger partial charge in [-0.05, 0) is 96.1 Å². The first-order valence-electron chi connectivity index (χ1n) is 13.0. The first-order valence-corrected chi connectivity index (χ1v) is 15.3. The fourth-order valence-electron chi connectivity index (χ4n) is 5.02. The number of ether oxygens (including phenoxy) is 2. The molecule has 0 saturated carbocycles. The maximum Gasteiger partial charge on any atom is 0.252 e. The van der Waals surface area contributed by atoms with Crippen LogP contribution in [0.3, 0.4) is 0 Å². The molecule has 1 fully saturated rings. The quantitative estimate of drug-likeness (QED) is 0.317. The molecule has 2 atom stereocenters. The van der Waals surface area contributed by atoms with E-state index in [0.717, 1.165) is 36.0 Å². The van der Waals surface area contributed by atoms with Crippen LogP contribution >= 0.6 is 15.9 Å². The van der Waals surface area contributed by atoms with Crippen LogP contribution in [0.2, 0.25) is 0 Å². The molecule has 0 spiro atoms. The highest BCUT2D eigenvalue weighted by molar-refractivity contribution is 9.10. The molecule has 208 valence electrons. The van der Waals surface area contributed by atoms with Gasteiger partial charge < -0.3 is 14.8 Å².